The van der Waals surface area contributed by atoms with Gasteiger partial charge in [0.2, 0.25) is 0 Å². The highest BCUT2D eigenvalue weighted by Crippen LogP contribution is 2.56. The summed E-state index contributed by atoms with van der Waals surface area (Å²) in [6.45, 7) is 0. The van der Waals surface area contributed by atoms with Crippen LogP contribution in [0.15, 0.2) is 115 Å². The second-order valence-electron chi connectivity index (χ2n) is 7.47. The summed E-state index contributed by atoms with van der Waals surface area (Å²) in [4.78, 5) is 0. The molecular formula is C26H22Cl2O2. The Morgan fingerprint density at radius 2 is 1.07 bits per heavy atom. The van der Waals surface area contributed by atoms with E-state index in [0.717, 1.165) is 0 Å². The number of aliphatic hydroxyl groups is 2. The van der Waals surface area contributed by atoms with Crippen LogP contribution in [0.5, 0.6) is 0 Å². The molecule has 0 heterocycles. The fourth-order valence-corrected chi connectivity index (χ4v) is 4.89. The van der Waals surface area contributed by atoms with Gasteiger partial charge in [-0.15, -0.1) is 0 Å². The molecule has 1 aliphatic rings. The minimum atomic E-state index is -1.89. The van der Waals surface area contributed by atoms with Crippen molar-refractivity contribution < 1.29 is 10.2 Å². The molecule has 2 atom stereocenters. The lowest BCUT2D eigenvalue weighted by Crippen LogP contribution is -2.58. The quantitative estimate of drug-likeness (QED) is 0.501. The van der Waals surface area contributed by atoms with Crippen molar-refractivity contribution in [3.63, 3.8) is 0 Å². The lowest BCUT2D eigenvalue weighted by atomic mass is 9.62. The van der Waals surface area contributed by atoms with Crippen LogP contribution in [-0.4, -0.2) is 14.5 Å². The van der Waals surface area contributed by atoms with Gasteiger partial charge in [-0.25, -0.2) is 0 Å². The highest BCUT2D eigenvalue weighted by molar-refractivity contribution is 6.50. The van der Waals surface area contributed by atoms with E-state index in [1.807, 2.05) is 54.6 Å². The van der Waals surface area contributed by atoms with Crippen LogP contribution in [0.1, 0.15) is 16.7 Å². The Balaban J connectivity index is 2.08. The Morgan fingerprint density at radius 3 is 1.50 bits per heavy atom. The highest BCUT2D eigenvalue weighted by atomic mass is 35.5. The molecule has 30 heavy (non-hydrogen) atoms. The summed E-state index contributed by atoms with van der Waals surface area (Å²) in [5.74, 6) is -0.842. The maximum Gasteiger partial charge on any atom is 0.148 e. The molecule has 4 heteroatoms. The predicted molar refractivity (Wildman–Crippen MR) is 122 cm³/mol. The second-order valence-corrected chi connectivity index (χ2v) is 8.92. The van der Waals surface area contributed by atoms with E-state index in [1.54, 1.807) is 60.7 Å². The number of halogens is 2. The van der Waals surface area contributed by atoms with Gasteiger partial charge in [0.25, 0.3) is 0 Å². The monoisotopic (exact) mass is 436 g/mol. The van der Waals surface area contributed by atoms with Gasteiger partial charge in [0, 0.05) is 0 Å². The van der Waals surface area contributed by atoms with Crippen LogP contribution in [0.3, 0.4) is 0 Å². The van der Waals surface area contributed by atoms with Crippen molar-refractivity contribution in [3.8, 4) is 0 Å². The van der Waals surface area contributed by atoms with Gasteiger partial charge >= 0.3 is 0 Å². The van der Waals surface area contributed by atoms with E-state index in [1.165, 1.54) is 0 Å². The fourth-order valence-electron chi connectivity index (χ4n) is 4.28. The molecule has 1 aliphatic carbocycles. The zero-order valence-corrected chi connectivity index (χ0v) is 17.7. The third-order valence-electron chi connectivity index (χ3n) is 5.75. The fraction of sp³-hybridized carbons (Fsp3) is 0.154. The normalized spacial score (nSPS) is 19.9. The molecule has 2 N–H and O–H groups in total. The van der Waals surface area contributed by atoms with Gasteiger partial charge in [-0.2, -0.15) is 0 Å². The predicted octanol–water partition coefficient (Wildman–Crippen LogP) is 5.73. The summed E-state index contributed by atoms with van der Waals surface area (Å²) in [6.07, 6.45) is 6.92. The van der Waals surface area contributed by atoms with Gasteiger partial charge in [-0.3, -0.25) is 0 Å². The molecule has 3 aromatic rings. The molecular weight excluding hydrogens is 415 g/mol. The van der Waals surface area contributed by atoms with Crippen molar-refractivity contribution in [3.05, 3.63) is 132 Å². The number of hydrogen-bond acceptors (Lipinski definition) is 2. The Hall–Kier alpha value is -2.36. The Labute approximate surface area is 186 Å². The first kappa shape index (κ1) is 20.9. The first-order chi connectivity index (χ1) is 14.4. The lowest BCUT2D eigenvalue weighted by Gasteiger charge is -2.51. The molecule has 0 radical (unpaired) electrons. The average molecular weight is 437 g/mol. The number of hydrogen-bond donors (Lipinski definition) is 2. The van der Waals surface area contributed by atoms with Crippen LogP contribution >= 0.6 is 23.2 Å². The van der Waals surface area contributed by atoms with Gasteiger partial charge in [-0.05, 0) is 22.8 Å². The zero-order valence-electron chi connectivity index (χ0n) is 16.2. The van der Waals surface area contributed by atoms with Gasteiger partial charge < -0.3 is 10.2 Å². The minimum Gasteiger partial charge on any atom is -0.381 e. The van der Waals surface area contributed by atoms with Gasteiger partial charge in [0.15, 0.2) is 0 Å². The lowest BCUT2D eigenvalue weighted by molar-refractivity contribution is -0.165. The van der Waals surface area contributed by atoms with E-state index >= 15 is 0 Å². The van der Waals surface area contributed by atoms with E-state index < -0.39 is 21.5 Å². The summed E-state index contributed by atoms with van der Waals surface area (Å²) in [7, 11) is 0. The van der Waals surface area contributed by atoms with Crippen molar-refractivity contribution in [2.24, 2.45) is 5.92 Å². The minimum absolute atomic E-state index is 0.510. The SMILES string of the molecule is OC(c1ccccc1)(c1ccccc1)C(O)(c1ccccc1)C1C=CC=CC1(Cl)Cl. The number of benzene rings is 3. The largest absolute Gasteiger partial charge is 0.381 e. The van der Waals surface area contributed by atoms with Gasteiger partial charge in [-0.1, -0.05) is 132 Å². The van der Waals surface area contributed by atoms with Crippen molar-refractivity contribution in [2.75, 3.05) is 0 Å². The molecule has 4 rings (SSSR count). The Kier molecular flexibility index (Phi) is 5.61. The van der Waals surface area contributed by atoms with Crippen LogP contribution < -0.4 is 0 Å². The molecule has 0 bridgehead atoms. The van der Waals surface area contributed by atoms with Crippen molar-refractivity contribution >= 4 is 23.2 Å². The van der Waals surface area contributed by atoms with Crippen molar-refractivity contribution in [1.82, 2.24) is 0 Å². The summed E-state index contributed by atoms with van der Waals surface area (Å²) in [5.41, 5.74) is -2.14. The molecule has 0 spiro atoms. The maximum absolute atomic E-state index is 12.6. The summed E-state index contributed by atoms with van der Waals surface area (Å²) >= 11 is 13.4. The number of allylic oxidation sites excluding steroid dienone is 3. The van der Waals surface area contributed by atoms with Crippen LogP contribution in [0, 0.1) is 5.92 Å². The molecule has 0 aromatic heterocycles. The van der Waals surface area contributed by atoms with Crippen LogP contribution in [0.4, 0.5) is 0 Å². The highest BCUT2D eigenvalue weighted by Gasteiger charge is 2.61. The molecule has 2 unspecified atom stereocenters. The second kappa shape index (κ2) is 8.05. The number of rotatable bonds is 5. The molecule has 3 aromatic carbocycles. The molecule has 0 amide bonds. The summed E-state index contributed by atoms with van der Waals surface area (Å²) < 4.78 is -1.43. The molecule has 0 aliphatic heterocycles. The van der Waals surface area contributed by atoms with E-state index in [9.17, 15) is 10.2 Å². The molecule has 0 saturated carbocycles. The third-order valence-corrected chi connectivity index (χ3v) is 6.47. The summed E-state index contributed by atoms with van der Waals surface area (Å²) in [6, 6.07) is 27.3. The van der Waals surface area contributed by atoms with E-state index in [4.69, 9.17) is 23.2 Å². The molecule has 2 nitrogen and oxygen atoms in total. The van der Waals surface area contributed by atoms with E-state index in [2.05, 4.69) is 0 Å². The van der Waals surface area contributed by atoms with Crippen molar-refractivity contribution in [2.45, 2.75) is 15.5 Å². The van der Waals surface area contributed by atoms with Crippen LogP contribution in [0.2, 0.25) is 0 Å². The molecule has 152 valence electrons. The average Bonchev–Trinajstić information content (AvgIpc) is 2.79. The van der Waals surface area contributed by atoms with Gasteiger partial charge in [0.05, 0.1) is 5.92 Å². The van der Waals surface area contributed by atoms with Crippen molar-refractivity contribution in [1.29, 1.82) is 0 Å². The molecule has 0 fully saturated rings. The Morgan fingerprint density at radius 1 is 0.633 bits per heavy atom. The Bertz CT molecular complexity index is 1010. The third kappa shape index (κ3) is 3.30. The standard InChI is InChI=1S/C26H22Cl2O2/c27-24(28)19-11-10-18-23(24)26(30,22-16-8-3-9-17-22)25(29,20-12-4-1-5-13-20)21-14-6-2-7-15-21/h1-19,23,29-30H. The van der Waals surface area contributed by atoms with Gasteiger partial charge in [0.1, 0.15) is 15.5 Å². The maximum atomic E-state index is 12.6. The summed E-state index contributed by atoms with van der Waals surface area (Å²) in [5, 5.41) is 25.1. The van der Waals surface area contributed by atoms with Crippen LogP contribution in [-0.2, 0) is 11.2 Å². The smallest absolute Gasteiger partial charge is 0.148 e. The van der Waals surface area contributed by atoms with E-state index in [-0.39, 0.29) is 0 Å². The number of alkyl halides is 2. The first-order valence-corrected chi connectivity index (χ1v) is 10.5. The molecule has 0 saturated heterocycles. The zero-order chi connectivity index (χ0) is 21.2. The van der Waals surface area contributed by atoms with Crippen LogP contribution in [0.25, 0.3) is 0 Å². The van der Waals surface area contributed by atoms with E-state index in [0.29, 0.717) is 16.7 Å². The first-order valence-electron chi connectivity index (χ1n) is 9.76. The topological polar surface area (TPSA) is 40.5 Å².